The van der Waals surface area contributed by atoms with Crippen LogP contribution in [-0.2, 0) is 11.2 Å². The molecule has 1 amide bonds. The van der Waals surface area contributed by atoms with E-state index in [1.54, 1.807) is 0 Å². The zero-order chi connectivity index (χ0) is 15.2. The summed E-state index contributed by atoms with van der Waals surface area (Å²) in [6, 6.07) is 6.37. The number of ether oxygens (including phenoxy) is 1. The number of fused-ring (bicyclic) bond motifs is 1. The van der Waals surface area contributed by atoms with E-state index in [-0.39, 0.29) is 6.09 Å². The monoisotopic (exact) mass is 351 g/mol. The molecule has 0 N–H and O–H groups in total. The van der Waals surface area contributed by atoms with Gasteiger partial charge in [-0.3, -0.25) is 4.90 Å². The Labute approximate surface area is 134 Å². The maximum Gasteiger partial charge on any atom is 0.415 e. The highest BCUT2D eigenvalue weighted by atomic mass is 79.9. The quantitative estimate of drug-likeness (QED) is 0.718. The first kappa shape index (κ1) is 14.9. The predicted molar refractivity (Wildman–Crippen MR) is 87.7 cm³/mol. The highest BCUT2D eigenvalue weighted by Crippen LogP contribution is 2.44. The van der Waals surface area contributed by atoms with Crippen molar-refractivity contribution in [2.24, 2.45) is 5.92 Å². The number of carbonyl (C=O) groups is 1. The molecule has 4 heteroatoms. The third kappa shape index (κ3) is 3.10. The Bertz CT molecular complexity index is 560. The minimum Gasteiger partial charge on any atom is -0.443 e. The molecule has 1 aliphatic carbocycles. The number of hydrogen-bond acceptors (Lipinski definition) is 2. The summed E-state index contributed by atoms with van der Waals surface area (Å²) < 4.78 is 6.74. The molecule has 3 rings (SSSR count). The van der Waals surface area contributed by atoms with Crippen molar-refractivity contribution in [2.45, 2.75) is 58.1 Å². The largest absolute Gasteiger partial charge is 0.443 e. The second kappa shape index (κ2) is 5.31. The molecule has 2 aliphatic rings. The molecule has 1 unspecified atom stereocenters. The smallest absolute Gasteiger partial charge is 0.415 e. The van der Waals surface area contributed by atoms with E-state index in [4.69, 9.17) is 4.74 Å². The lowest BCUT2D eigenvalue weighted by Gasteiger charge is -2.38. The summed E-state index contributed by atoms with van der Waals surface area (Å²) >= 11 is 3.61. The van der Waals surface area contributed by atoms with Gasteiger partial charge in [0, 0.05) is 10.5 Å². The van der Waals surface area contributed by atoms with Crippen molar-refractivity contribution < 1.29 is 9.53 Å². The van der Waals surface area contributed by atoms with Gasteiger partial charge in [0.15, 0.2) is 0 Å². The molecule has 1 atom stereocenters. The van der Waals surface area contributed by atoms with Gasteiger partial charge >= 0.3 is 6.09 Å². The zero-order valence-electron chi connectivity index (χ0n) is 12.9. The van der Waals surface area contributed by atoms with E-state index < -0.39 is 5.60 Å². The standard InChI is InChI=1S/C17H22BrNO2/c1-17(2,3)21-16(20)19-14(11-7-8-11)10-9-12-13(18)5-4-6-15(12)19/h4-6,11,14H,7-10H2,1-3H3. The molecule has 0 saturated heterocycles. The van der Waals surface area contributed by atoms with Gasteiger partial charge in [-0.05, 0) is 70.1 Å². The normalized spacial score (nSPS) is 21.9. The second-order valence-electron chi connectivity index (χ2n) is 7.03. The average Bonchev–Trinajstić information content (AvgIpc) is 3.19. The summed E-state index contributed by atoms with van der Waals surface area (Å²) in [5, 5.41) is 0. The number of nitrogens with zero attached hydrogens (tertiary/aromatic N) is 1. The highest BCUT2D eigenvalue weighted by molar-refractivity contribution is 9.10. The van der Waals surface area contributed by atoms with Crippen molar-refractivity contribution >= 4 is 27.7 Å². The number of rotatable bonds is 1. The summed E-state index contributed by atoms with van der Waals surface area (Å²) in [6.45, 7) is 5.76. The second-order valence-corrected chi connectivity index (χ2v) is 7.89. The van der Waals surface area contributed by atoms with Gasteiger partial charge < -0.3 is 4.74 Å². The summed E-state index contributed by atoms with van der Waals surface area (Å²) in [6.07, 6.45) is 4.30. The predicted octanol–water partition coefficient (Wildman–Crippen LogP) is 4.92. The van der Waals surface area contributed by atoms with Crippen LogP contribution in [0, 0.1) is 5.92 Å². The Kier molecular flexibility index (Phi) is 3.76. The van der Waals surface area contributed by atoms with E-state index in [1.165, 1.54) is 18.4 Å². The Balaban J connectivity index is 1.97. The van der Waals surface area contributed by atoms with Crippen molar-refractivity contribution in [3.8, 4) is 0 Å². The van der Waals surface area contributed by atoms with E-state index in [9.17, 15) is 4.79 Å². The molecular formula is C17H22BrNO2. The lowest BCUT2D eigenvalue weighted by Crippen LogP contribution is -2.47. The van der Waals surface area contributed by atoms with Crippen molar-refractivity contribution in [2.75, 3.05) is 4.90 Å². The van der Waals surface area contributed by atoms with Crippen LogP contribution in [0.15, 0.2) is 22.7 Å². The van der Waals surface area contributed by atoms with Crippen molar-refractivity contribution in [1.29, 1.82) is 0 Å². The molecule has 0 radical (unpaired) electrons. The van der Waals surface area contributed by atoms with E-state index in [1.807, 2.05) is 43.9 Å². The molecule has 1 aromatic carbocycles. The van der Waals surface area contributed by atoms with Gasteiger partial charge in [0.25, 0.3) is 0 Å². The molecule has 1 aliphatic heterocycles. The SMILES string of the molecule is CC(C)(C)OC(=O)N1c2cccc(Br)c2CCC1C1CC1. The topological polar surface area (TPSA) is 29.5 Å². The first-order valence-corrected chi connectivity index (χ1v) is 8.46. The Morgan fingerprint density at radius 2 is 2.00 bits per heavy atom. The van der Waals surface area contributed by atoms with E-state index in [2.05, 4.69) is 15.9 Å². The molecule has 1 saturated carbocycles. The molecule has 1 fully saturated rings. The molecule has 114 valence electrons. The molecule has 1 aromatic rings. The fourth-order valence-electron chi connectivity index (χ4n) is 3.09. The molecular weight excluding hydrogens is 330 g/mol. The molecule has 3 nitrogen and oxygen atoms in total. The van der Waals surface area contributed by atoms with Crippen LogP contribution in [0.25, 0.3) is 0 Å². The van der Waals surface area contributed by atoms with Crippen molar-refractivity contribution in [3.63, 3.8) is 0 Å². The number of carbonyl (C=O) groups excluding carboxylic acids is 1. The van der Waals surface area contributed by atoms with Gasteiger partial charge in [0.1, 0.15) is 5.60 Å². The van der Waals surface area contributed by atoms with Crippen LogP contribution in [-0.4, -0.2) is 17.7 Å². The van der Waals surface area contributed by atoms with Gasteiger partial charge in [0.2, 0.25) is 0 Å². The summed E-state index contributed by atoms with van der Waals surface area (Å²) in [5.41, 5.74) is 1.77. The zero-order valence-corrected chi connectivity index (χ0v) is 14.4. The third-order valence-corrected chi connectivity index (χ3v) is 4.87. The van der Waals surface area contributed by atoms with Gasteiger partial charge in [-0.1, -0.05) is 22.0 Å². The van der Waals surface area contributed by atoms with Crippen LogP contribution in [0.5, 0.6) is 0 Å². The number of benzene rings is 1. The Morgan fingerprint density at radius 3 is 2.62 bits per heavy atom. The lowest BCUT2D eigenvalue weighted by atomic mass is 9.93. The van der Waals surface area contributed by atoms with Crippen LogP contribution in [0.2, 0.25) is 0 Å². The van der Waals surface area contributed by atoms with Gasteiger partial charge in [-0.25, -0.2) is 4.79 Å². The molecule has 0 spiro atoms. The van der Waals surface area contributed by atoms with Crippen molar-refractivity contribution in [1.82, 2.24) is 0 Å². The first-order valence-electron chi connectivity index (χ1n) is 7.66. The summed E-state index contributed by atoms with van der Waals surface area (Å²) in [5.74, 6) is 0.643. The number of anilines is 1. The molecule has 1 heterocycles. The van der Waals surface area contributed by atoms with Crippen molar-refractivity contribution in [3.05, 3.63) is 28.2 Å². The highest BCUT2D eigenvalue weighted by Gasteiger charge is 2.42. The van der Waals surface area contributed by atoms with Crippen LogP contribution in [0.4, 0.5) is 10.5 Å². The lowest BCUT2D eigenvalue weighted by molar-refractivity contribution is 0.0556. The van der Waals surface area contributed by atoms with Crippen LogP contribution < -0.4 is 4.90 Å². The minimum absolute atomic E-state index is 0.210. The summed E-state index contributed by atoms with van der Waals surface area (Å²) in [7, 11) is 0. The number of halogens is 1. The fraction of sp³-hybridized carbons (Fsp3) is 0.588. The average molecular weight is 352 g/mol. The van der Waals surface area contributed by atoms with E-state index in [0.717, 1.165) is 23.0 Å². The molecule has 0 aromatic heterocycles. The van der Waals surface area contributed by atoms with Gasteiger partial charge in [-0.15, -0.1) is 0 Å². The van der Waals surface area contributed by atoms with E-state index in [0.29, 0.717) is 12.0 Å². The van der Waals surface area contributed by atoms with Crippen LogP contribution in [0.3, 0.4) is 0 Å². The molecule has 0 bridgehead atoms. The fourth-order valence-corrected chi connectivity index (χ4v) is 3.65. The first-order chi connectivity index (χ1) is 9.87. The van der Waals surface area contributed by atoms with Gasteiger partial charge in [-0.2, -0.15) is 0 Å². The van der Waals surface area contributed by atoms with Gasteiger partial charge in [0.05, 0.1) is 5.69 Å². The summed E-state index contributed by atoms with van der Waals surface area (Å²) in [4.78, 5) is 14.6. The third-order valence-electron chi connectivity index (χ3n) is 4.13. The maximum atomic E-state index is 12.7. The maximum absolute atomic E-state index is 12.7. The number of amides is 1. The Hall–Kier alpha value is -1.03. The van der Waals surface area contributed by atoms with Crippen LogP contribution >= 0.6 is 15.9 Å². The van der Waals surface area contributed by atoms with E-state index >= 15 is 0 Å². The molecule has 21 heavy (non-hydrogen) atoms. The number of hydrogen-bond donors (Lipinski definition) is 0. The Morgan fingerprint density at radius 1 is 1.29 bits per heavy atom. The van der Waals surface area contributed by atoms with Crippen LogP contribution in [0.1, 0.15) is 45.6 Å². The minimum atomic E-state index is -0.463.